The highest BCUT2D eigenvalue weighted by atomic mass is 16.5. The van der Waals surface area contributed by atoms with Gasteiger partial charge in [0.2, 0.25) is 11.8 Å². The number of nitriles is 1. The summed E-state index contributed by atoms with van der Waals surface area (Å²) in [4.78, 5) is 34.3. The fraction of sp³-hybridized carbons (Fsp3) is 0.444. The molecule has 4 rings (SSSR count). The summed E-state index contributed by atoms with van der Waals surface area (Å²) in [6, 6.07) is 10.8. The Morgan fingerprint density at radius 3 is 2.56 bits per heavy atom. The molecule has 1 aliphatic carbocycles. The summed E-state index contributed by atoms with van der Waals surface area (Å²) in [5.74, 6) is 2.35. The predicted molar refractivity (Wildman–Crippen MR) is 138 cm³/mol. The van der Waals surface area contributed by atoms with Crippen LogP contribution in [0.15, 0.2) is 46.1 Å². The molecule has 2 aromatic heterocycles. The lowest BCUT2D eigenvalue weighted by atomic mass is 9.83. The average molecular weight is 489 g/mol. The molecule has 0 amide bonds. The van der Waals surface area contributed by atoms with Crippen LogP contribution < -0.4 is 21.4 Å². The minimum atomic E-state index is -0.540. The van der Waals surface area contributed by atoms with Crippen LogP contribution in [-0.4, -0.2) is 19.1 Å². The number of rotatable bonds is 8. The van der Waals surface area contributed by atoms with Crippen molar-refractivity contribution in [2.45, 2.75) is 66.0 Å². The Bertz CT molecular complexity index is 1360. The van der Waals surface area contributed by atoms with Crippen LogP contribution >= 0.6 is 0 Å². The average Bonchev–Trinajstić information content (AvgIpc) is 2.87. The molecule has 0 unspecified atom stereocenters. The van der Waals surface area contributed by atoms with Gasteiger partial charge in [-0.2, -0.15) is 10.2 Å². The third-order valence-corrected chi connectivity index (χ3v) is 6.68. The van der Waals surface area contributed by atoms with Crippen LogP contribution in [0.3, 0.4) is 0 Å². The Kier molecular flexibility index (Phi) is 7.84. The number of nitrogens with one attached hydrogen (secondary N) is 1. The van der Waals surface area contributed by atoms with E-state index >= 15 is 0 Å². The predicted octanol–water partition coefficient (Wildman–Crippen LogP) is 4.75. The van der Waals surface area contributed by atoms with Crippen LogP contribution in [0.5, 0.6) is 11.6 Å². The second kappa shape index (κ2) is 11.2. The van der Waals surface area contributed by atoms with Gasteiger partial charge in [-0.15, -0.1) is 0 Å². The molecule has 1 aliphatic rings. The van der Waals surface area contributed by atoms with Crippen LogP contribution in [0.2, 0.25) is 0 Å². The topological polar surface area (TPSA) is 115 Å². The first-order chi connectivity index (χ1) is 17.4. The maximum atomic E-state index is 13.3. The lowest BCUT2D eigenvalue weighted by molar-refractivity contribution is 0.260. The first-order valence-corrected chi connectivity index (χ1v) is 12.5. The molecule has 9 nitrogen and oxygen atoms in total. The molecule has 1 N–H and O–H groups in total. The quantitative estimate of drug-likeness (QED) is 0.486. The molecular weight excluding hydrogens is 456 g/mol. The van der Waals surface area contributed by atoms with E-state index < -0.39 is 5.69 Å². The standard InChI is InChI=1S/C27H32N6O3/c1-4-13-32-26(34)31-25(33(27(32)35)17-20-7-5-18(2)6-8-20)30-22-10-11-23(19(3)14-22)36-24-12-9-21(15-28)16-29-24/h9-12,14,16,18,20H,4-8,13,17H2,1-3H3,(H,30,31,34). The molecule has 0 radical (unpaired) electrons. The normalized spacial score (nSPS) is 17.4. The van der Waals surface area contributed by atoms with Gasteiger partial charge in [-0.05, 0) is 67.9 Å². The molecule has 1 saturated carbocycles. The van der Waals surface area contributed by atoms with Gasteiger partial charge in [0.25, 0.3) is 0 Å². The zero-order chi connectivity index (χ0) is 25.7. The largest absolute Gasteiger partial charge is 0.439 e. The van der Waals surface area contributed by atoms with Gasteiger partial charge in [0.05, 0.1) is 5.56 Å². The Labute approximate surface area is 210 Å². The first kappa shape index (κ1) is 25.2. The Morgan fingerprint density at radius 1 is 1.14 bits per heavy atom. The third kappa shape index (κ3) is 5.82. The number of benzene rings is 1. The van der Waals surface area contributed by atoms with Gasteiger partial charge in [-0.25, -0.2) is 19.1 Å². The zero-order valence-electron chi connectivity index (χ0n) is 21.0. The van der Waals surface area contributed by atoms with E-state index in [2.05, 4.69) is 22.2 Å². The number of hydrogen-bond acceptors (Lipinski definition) is 7. The van der Waals surface area contributed by atoms with Crippen LogP contribution in [0.1, 0.15) is 57.1 Å². The lowest BCUT2D eigenvalue weighted by Gasteiger charge is -2.27. The Balaban J connectivity index is 1.60. The van der Waals surface area contributed by atoms with E-state index in [4.69, 9.17) is 10.00 Å². The van der Waals surface area contributed by atoms with Gasteiger partial charge in [-0.1, -0.05) is 26.7 Å². The molecule has 36 heavy (non-hydrogen) atoms. The van der Waals surface area contributed by atoms with Crippen molar-refractivity contribution in [3.63, 3.8) is 0 Å². The Hall–Kier alpha value is -3.93. The zero-order valence-corrected chi connectivity index (χ0v) is 21.0. The molecule has 3 aromatic rings. The number of aryl methyl sites for hydroxylation is 1. The number of aromatic nitrogens is 4. The molecule has 1 aromatic carbocycles. The number of hydrogen-bond donors (Lipinski definition) is 1. The maximum Gasteiger partial charge on any atom is 0.354 e. The van der Waals surface area contributed by atoms with E-state index in [0.717, 1.165) is 31.2 Å². The molecule has 0 bridgehead atoms. The summed E-state index contributed by atoms with van der Waals surface area (Å²) >= 11 is 0. The molecule has 2 heterocycles. The van der Waals surface area contributed by atoms with Crippen LogP contribution in [0.4, 0.5) is 11.6 Å². The lowest BCUT2D eigenvalue weighted by Crippen LogP contribution is -2.43. The fourth-order valence-electron chi connectivity index (χ4n) is 4.56. The first-order valence-electron chi connectivity index (χ1n) is 12.5. The molecule has 188 valence electrons. The highest BCUT2D eigenvalue weighted by Gasteiger charge is 2.22. The van der Waals surface area contributed by atoms with Gasteiger partial charge in [0, 0.05) is 31.0 Å². The van der Waals surface area contributed by atoms with Crippen molar-refractivity contribution in [3.8, 4) is 17.7 Å². The van der Waals surface area contributed by atoms with Crippen molar-refractivity contribution in [2.24, 2.45) is 11.8 Å². The molecular formula is C27H32N6O3. The van der Waals surface area contributed by atoms with Crippen molar-refractivity contribution in [2.75, 3.05) is 5.32 Å². The summed E-state index contributed by atoms with van der Waals surface area (Å²) in [5.41, 5.74) is 1.13. The van der Waals surface area contributed by atoms with Crippen LogP contribution in [-0.2, 0) is 13.1 Å². The molecule has 0 spiro atoms. The van der Waals surface area contributed by atoms with E-state index in [1.165, 1.54) is 10.8 Å². The van der Waals surface area contributed by atoms with Crippen molar-refractivity contribution in [1.29, 1.82) is 5.26 Å². The second-order valence-corrected chi connectivity index (χ2v) is 9.59. The van der Waals surface area contributed by atoms with Crippen molar-refractivity contribution < 1.29 is 4.74 Å². The van der Waals surface area contributed by atoms with Gasteiger partial charge < -0.3 is 10.1 Å². The Morgan fingerprint density at radius 2 is 1.92 bits per heavy atom. The maximum absolute atomic E-state index is 13.3. The van der Waals surface area contributed by atoms with E-state index in [9.17, 15) is 9.59 Å². The molecule has 9 heteroatoms. The van der Waals surface area contributed by atoms with Crippen LogP contribution in [0.25, 0.3) is 0 Å². The number of ether oxygens (including phenoxy) is 1. The van der Waals surface area contributed by atoms with Gasteiger partial charge in [0.1, 0.15) is 11.8 Å². The van der Waals surface area contributed by atoms with Crippen molar-refractivity contribution in [1.82, 2.24) is 19.1 Å². The monoisotopic (exact) mass is 488 g/mol. The van der Waals surface area contributed by atoms with E-state index in [0.29, 0.717) is 54.2 Å². The minimum absolute atomic E-state index is 0.262. The third-order valence-electron chi connectivity index (χ3n) is 6.68. The summed E-state index contributed by atoms with van der Waals surface area (Å²) in [6.07, 6.45) is 6.57. The molecule has 0 atom stereocenters. The SMILES string of the molecule is CCCn1c(=O)nc(Nc2ccc(Oc3ccc(C#N)cn3)c(C)c2)n(CC2CCC(C)CC2)c1=O. The highest BCUT2D eigenvalue weighted by molar-refractivity contribution is 5.57. The highest BCUT2D eigenvalue weighted by Crippen LogP contribution is 2.30. The smallest absolute Gasteiger partial charge is 0.354 e. The second-order valence-electron chi connectivity index (χ2n) is 9.59. The van der Waals surface area contributed by atoms with E-state index in [-0.39, 0.29) is 11.6 Å². The van der Waals surface area contributed by atoms with Crippen molar-refractivity contribution >= 4 is 11.6 Å². The fourth-order valence-corrected chi connectivity index (χ4v) is 4.56. The summed E-state index contributed by atoms with van der Waals surface area (Å²) in [7, 11) is 0. The minimum Gasteiger partial charge on any atom is -0.439 e. The van der Waals surface area contributed by atoms with Crippen molar-refractivity contribution in [3.05, 3.63) is 68.6 Å². The molecule has 0 saturated heterocycles. The van der Waals surface area contributed by atoms with Gasteiger partial charge in [0.15, 0.2) is 0 Å². The van der Waals surface area contributed by atoms with Gasteiger partial charge >= 0.3 is 11.4 Å². The number of nitrogens with zero attached hydrogens (tertiary/aromatic N) is 5. The van der Waals surface area contributed by atoms with Gasteiger partial charge in [-0.3, -0.25) is 4.57 Å². The molecule has 1 fully saturated rings. The summed E-state index contributed by atoms with van der Waals surface area (Å²) < 4.78 is 8.70. The van der Waals surface area contributed by atoms with E-state index in [1.54, 1.807) is 22.8 Å². The summed E-state index contributed by atoms with van der Waals surface area (Å²) in [6.45, 7) is 6.99. The van der Waals surface area contributed by atoms with E-state index in [1.807, 2.05) is 32.0 Å². The number of pyridine rings is 1. The number of anilines is 2. The summed E-state index contributed by atoms with van der Waals surface area (Å²) in [5, 5.41) is 12.1. The van der Waals surface area contributed by atoms with Crippen LogP contribution in [0, 0.1) is 30.1 Å². The molecule has 0 aliphatic heterocycles.